The summed E-state index contributed by atoms with van der Waals surface area (Å²) in [6.07, 6.45) is 5.40. The van der Waals surface area contributed by atoms with E-state index in [4.69, 9.17) is 9.41 Å². The van der Waals surface area contributed by atoms with Crippen molar-refractivity contribution in [2.45, 2.75) is 96.9 Å². The molecule has 2 aromatic heterocycles. The molecule has 0 atom stereocenters. The van der Waals surface area contributed by atoms with Gasteiger partial charge in [0.15, 0.2) is 5.75 Å². The van der Waals surface area contributed by atoms with Gasteiger partial charge in [-0.2, -0.15) is 0 Å². The molecule has 0 aliphatic carbocycles. The fourth-order valence-corrected chi connectivity index (χ4v) is 16.7. The number of hydrogen-bond donors (Lipinski definition) is 3. The van der Waals surface area contributed by atoms with E-state index < -0.39 is 46.1 Å². The van der Waals surface area contributed by atoms with E-state index in [0.717, 1.165) is 34.8 Å². The van der Waals surface area contributed by atoms with Crippen LogP contribution in [0.2, 0.25) is 16.6 Å². The van der Waals surface area contributed by atoms with Gasteiger partial charge in [0.25, 0.3) is 20.1 Å². The standard InChI is InChI=1S/C31H40FN3O5SSi.C22H20FN3O5S/c1-18(2)42(19(3)4,20(5)6)40-30-28-26(17-35(7)31(28)37)24(15-27(36)34-41(8,38)39)25-14-22(16-33-29(25)30)13-21-9-11-23(32)12-10-21;1-26-11-17-15(9-18(27)25-32(2,30)31)16-8-13(7-12-3-5-14(23)6-4-12)10-24-20(16)21(28)19(17)22(26)29/h9-12,14,16,18-20H,13,15,17H2,1-8H3,(H,34,36);3-6,8,10,28H,7,9,11H2,1-2H3,(H,25,27). The number of nitrogens with one attached hydrogen (secondary N) is 2. The van der Waals surface area contributed by atoms with Crippen LogP contribution in [-0.4, -0.2) is 100 Å². The molecule has 0 fully saturated rings. The van der Waals surface area contributed by atoms with E-state index in [2.05, 4.69) is 51.2 Å². The van der Waals surface area contributed by atoms with Crippen LogP contribution in [-0.2, 0) is 68.4 Å². The average molecular weight is 1070 g/mol. The molecule has 8 rings (SSSR count). The van der Waals surface area contributed by atoms with Crippen LogP contribution in [0.15, 0.2) is 73.1 Å². The number of aromatic nitrogens is 2. The molecule has 0 bridgehead atoms. The first kappa shape index (κ1) is 54.9. The highest BCUT2D eigenvalue weighted by Gasteiger charge is 2.49. The van der Waals surface area contributed by atoms with Crippen LogP contribution in [0, 0.1) is 11.6 Å². The first-order chi connectivity index (χ1) is 34.6. The van der Waals surface area contributed by atoms with Crippen LogP contribution in [0.5, 0.6) is 11.5 Å². The molecule has 2 aliphatic heterocycles. The second-order valence-corrected chi connectivity index (χ2v) is 29.0. The Morgan fingerprint density at radius 2 is 1.03 bits per heavy atom. The van der Waals surface area contributed by atoms with Gasteiger partial charge >= 0.3 is 0 Å². The number of sulfonamides is 2. The van der Waals surface area contributed by atoms with Gasteiger partial charge in [-0.1, -0.05) is 65.8 Å². The minimum Gasteiger partial charge on any atom is -0.541 e. The molecule has 16 nitrogen and oxygen atoms in total. The van der Waals surface area contributed by atoms with Crippen LogP contribution in [0.25, 0.3) is 21.8 Å². The van der Waals surface area contributed by atoms with Gasteiger partial charge in [0, 0.05) is 50.4 Å². The molecule has 0 saturated heterocycles. The Bertz CT molecular complexity index is 3440. The smallest absolute Gasteiger partial charge is 0.258 e. The predicted molar refractivity (Wildman–Crippen MR) is 280 cm³/mol. The lowest BCUT2D eigenvalue weighted by Gasteiger charge is -2.42. The van der Waals surface area contributed by atoms with Gasteiger partial charge in [-0.15, -0.1) is 0 Å². The average Bonchev–Trinajstić information content (AvgIpc) is 3.77. The zero-order chi connectivity index (χ0) is 54.4. The second-order valence-electron chi connectivity index (χ2n) is 20.1. The molecule has 0 spiro atoms. The molecular weight excluding hydrogens is 1010 g/mol. The zero-order valence-electron chi connectivity index (χ0n) is 42.9. The number of carbonyl (C=O) groups excluding carboxylic acids is 4. The number of phenols is 1. The highest BCUT2D eigenvalue weighted by Crippen LogP contribution is 2.48. The number of aromatic hydroxyl groups is 1. The molecule has 4 aromatic carbocycles. The summed E-state index contributed by atoms with van der Waals surface area (Å²) in [7, 11) is -6.83. The van der Waals surface area contributed by atoms with Crippen LogP contribution in [0.3, 0.4) is 0 Å². The van der Waals surface area contributed by atoms with Crippen molar-refractivity contribution >= 4 is 73.8 Å². The van der Waals surface area contributed by atoms with Gasteiger partial charge in [0.05, 0.1) is 36.5 Å². The lowest BCUT2D eigenvalue weighted by molar-refractivity contribution is -0.119. The van der Waals surface area contributed by atoms with Crippen LogP contribution in [0.1, 0.15) is 107 Å². The van der Waals surface area contributed by atoms with Crippen molar-refractivity contribution in [3.05, 3.63) is 140 Å². The molecule has 0 saturated carbocycles. The Morgan fingerprint density at radius 1 is 0.649 bits per heavy atom. The third kappa shape index (κ3) is 11.6. The predicted octanol–water partition coefficient (Wildman–Crippen LogP) is 7.60. The highest BCUT2D eigenvalue weighted by molar-refractivity contribution is 7.89. The topological polar surface area (TPSA) is 222 Å². The number of fused-ring (bicyclic) bond motifs is 4. The van der Waals surface area contributed by atoms with Crippen LogP contribution >= 0.6 is 0 Å². The zero-order valence-corrected chi connectivity index (χ0v) is 45.5. The van der Waals surface area contributed by atoms with Crippen molar-refractivity contribution < 1.29 is 54.3 Å². The number of halogens is 2. The quantitative estimate of drug-likeness (QED) is 0.0847. The molecule has 21 heteroatoms. The minimum absolute atomic E-state index is 0.0703. The Hall–Kier alpha value is -6.84. The monoisotopic (exact) mass is 1070 g/mol. The maximum absolute atomic E-state index is 13.7. The van der Waals surface area contributed by atoms with Gasteiger partial charge < -0.3 is 19.3 Å². The summed E-state index contributed by atoms with van der Waals surface area (Å²) in [5.41, 5.74) is 7.15. The van der Waals surface area contributed by atoms with Gasteiger partial charge in [-0.05, 0) is 110 Å². The molecular formula is C53H60F2N6O10S2Si. The third-order valence-electron chi connectivity index (χ3n) is 13.6. The number of hydrogen-bond acceptors (Lipinski definition) is 12. The molecule has 392 valence electrons. The maximum Gasteiger partial charge on any atom is 0.258 e. The molecule has 4 amide bonds. The molecule has 3 N–H and O–H groups in total. The Kier molecular flexibility index (Phi) is 15.7. The van der Waals surface area contributed by atoms with Crippen molar-refractivity contribution in [1.29, 1.82) is 0 Å². The number of phenolic OH excluding ortho intramolecular Hbond substituents is 1. The van der Waals surface area contributed by atoms with Gasteiger partial charge in [0.1, 0.15) is 28.4 Å². The molecule has 6 aromatic rings. The van der Waals surface area contributed by atoms with E-state index in [1.807, 2.05) is 10.8 Å². The maximum atomic E-state index is 13.7. The molecule has 0 radical (unpaired) electrons. The number of carbonyl (C=O) groups is 4. The molecule has 2 aliphatic rings. The second kappa shape index (κ2) is 21.2. The fraction of sp³-hybridized carbons (Fsp3) is 0.358. The summed E-state index contributed by atoms with van der Waals surface area (Å²) in [6.45, 7) is 13.4. The lowest BCUT2D eigenvalue weighted by Crippen LogP contribution is -2.51. The third-order valence-corrected chi connectivity index (χ3v) is 20.8. The Balaban J connectivity index is 0.000000224. The SMILES string of the molecule is CC(C)[Si](Oc1c2c(c(CC(=O)NS(C)(=O)=O)c3cc(Cc4ccc(F)cc4)cnc13)CN(C)C2=O)(C(C)C)C(C)C.CN1Cc2c(c(O)c3ncc(Cc4ccc(F)cc4)cc3c2CC(=O)NS(C)(=O)=O)C1=O. The van der Waals surface area contributed by atoms with Crippen LogP contribution < -0.4 is 13.9 Å². The summed E-state index contributed by atoms with van der Waals surface area (Å²) in [4.78, 5) is 63.8. The van der Waals surface area contributed by atoms with Crippen LogP contribution in [0.4, 0.5) is 8.78 Å². The van der Waals surface area contributed by atoms with E-state index in [1.165, 1.54) is 29.2 Å². The summed E-state index contributed by atoms with van der Waals surface area (Å²) >= 11 is 0. The highest BCUT2D eigenvalue weighted by atomic mass is 32.2. The minimum atomic E-state index is -3.79. The summed E-state index contributed by atoms with van der Waals surface area (Å²) in [6, 6.07) is 15.9. The first-order valence-corrected chi connectivity index (χ1v) is 29.8. The summed E-state index contributed by atoms with van der Waals surface area (Å²) in [5, 5.41) is 11.9. The molecule has 74 heavy (non-hydrogen) atoms. The van der Waals surface area contributed by atoms with E-state index in [0.29, 0.717) is 62.7 Å². The number of pyridine rings is 2. The van der Waals surface area contributed by atoms with E-state index in [-0.39, 0.29) is 76.9 Å². The molecule has 0 unspecified atom stereocenters. The van der Waals surface area contributed by atoms with Gasteiger partial charge in [0.2, 0.25) is 31.9 Å². The molecule has 4 heterocycles. The van der Waals surface area contributed by atoms with Crippen molar-refractivity contribution in [3.63, 3.8) is 0 Å². The summed E-state index contributed by atoms with van der Waals surface area (Å²) < 4.78 is 84.6. The van der Waals surface area contributed by atoms with E-state index in [1.54, 1.807) is 61.7 Å². The lowest BCUT2D eigenvalue weighted by atomic mass is 9.93. The number of rotatable bonds is 15. The number of nitrogens with zero attached hydrogens (tertiary/aromatic N) is 4. The van der Waals surface area contributed by atoms with Gasteiger partial charge in [-0.25, -0.2) is 25.6 Å². The first-order valence-electron chi connectivity index (χ1n) is 23.9. The van der Waals surface area contributed by atoms with Crippen molar-refractivity contribution in [3.8, 4) is 11.5 Å². The van der Waals surface area contributed by atoms with Crippen molar-refractivity contribution in [2.75, 3.05) is 26.6 Å². The largest absolute Gasteiger partial charge is 0.541 e. The Labute approximate surface area is 430 Å². The normalized spacial score (nSPS) is 13.7. The fourth-order valence-electron chi connectivity index (χ4n) is 10.5. The number of benzene rings is 4. The van der Waals surface area contributed by atoms with Crippen molar-refractivity contribution in [2.24, 2.45) is 0 Å². The Morgan fingerprint density at radius 3 is 1.43 bits per heavy atom. The number of amides is 4. The van der Waals surface area contributed by atoms with Gasteiger partial charge in [-0.3, -0.25) is 38.6 Å². The van der Waals surface area contributed by atoms with Crippen molar-refractivity contribution in [1.82, 2.24) is 29.2 Å². The van der Waals surface area contributed by atoms with E-state index >= 15 is 0 Å². The van der Waals surface area contributed by atoms with E-state index in [9.17, 15) is 49.9 Å². The summed E-state index contributed by atoms with van der Waals surface area (Å²) in [5.74, 6) is -2.58.